The topological polar surface area (TPSA) is 72.4 Å². The Labute approximate surface area is 183 Å². The lowest BCUT2D eigenvalue weighted by atomic mass is 10.0. The Hall–Kier alpha value is -3.28. The van der Waals surface area contributed by atoms with Crippen molar-refractivity contribution in [3.63, 3.8) is 0 Å². The van der Waals surface area contributed by atoms with E-state index in [-0.39, 0.29) is 17.7 Å². The number of nitrogens with one attached hydrogen (secondary N) is 2. The molecular weight excluding hydrogens is 390 g/mol. The van der Waals surface area contributed by atoms with Gasteiger partial charge in [-0.3, -0.25) is 9.59 Å². The molecule has 0 spiro atoms. The molecule has 3 rings (SSSR count). The summed E-state index contributed by atoms with van der Waals surface area (Å²) in [5.41, 5.74) is 1.62. The van der Waals surface area contributed by atoms with Crippen LogP contribution in [0.2, 0.25) is 0 Å². The molecule has 0 saturated carbocycles. The zero-order valence-corrected chi connectivity index (χ0v) is 18.4. The first-order chi connectivity index (χ1) is 15.0. The van der Waals surface area contributed by atoms with Crippen molar-refractivity contribution in [2.45, 2.75) is 39.8 Å². The van der Waals surface area contributed by atoms with E-state index < -0.39 is 6.04 Å². The van der Waals surface area contributed by atoms with Gasteiger partial charge in [0.15, 0.2) is 0 Å². The van der Waals surface area contributed by atoms with Crippen molar-refractivity contribution in [3.8, 4) is 5.75 Å². The molecule has 1 heterocycles. The molecule has 2 aromatic carbocycles. The van der Waals surface area contributed by atoms with E-state index in [0.717, 1.165) is 13.0 Å². The lowest BCUT2D eigenvalue weighted by Crippen LogP contribution is -2.50. The number of hydrogen-bond donors (Lipinski definition) is 2. The fourth-order valence-electron chi connectivity index (χ4n) is 3.60. The lowest BCUT2D eigenvalue weighted by molar-refractivity contribution is -0.123. The van der Waals surface area contributed by atoms with Crippen molar-refractivity contribution in [2.24, 2.45) is 5.92 Å². The molecule has 0 fully saturated rings. The normalized spacial score (nSPS) is 12.0. The maximum atomic E-state index is 12.8. The SMILES string of the molecule is CCOc1ccccc1C(=O)N[C@H](C(=O)NCCCn1ccc2ccccc21)C(C)C. The number of hydrogen-bond acceptors (Lipinski definition) is 3. The molecule has 1 aromatic heterocycles. The first kappa shape index (κ1) is 22.4. The number of nitrogens with zero attached hydrogens (tertiary/aromatic N) is 1. The second-order valence-corrected chi connectivity index (χ2v) is 7.84. The molecule has 0 radical (unpaired) electrons. The summed E-state index contributed by atoms with van der Waals surface area (Å²) in [4.78, 5) is 25.6. The van der Waals surface area contributed by atoms with Gasteiger partial charge in [0.2, 0.25) is 5.91 Å². The van der Waals surface area contributed by atoms with Gasteiger partial charge >= 0.3 is 0 Å². The van der Waals surface area contributed by atoms with Crippen molar-refractivity contribution in [1.29, 1.82) is 0 Å². The van der Waals surface area contributed by atoms with E-state index in [1.54, 1.807) is 18.2 Å². The van der Waals surface area contributed by atoms with Gasteiger partial charge in [0.25, 0.3) is 5.91 Å². The van der Waals surface area contributed by atoms with Crippen LogP contribution in [0, 0.1) is 5.92 Å². The Morgan fingerprint density at radius 3 is 2.55 bits per heavy atom. The average molecular weight is 422 g/mol. The lowest BCUT2D eigenvalue weighted by Gasteiger charge is -2.22. The number of rotatable bonds is 10. The van der Waals surface area contributed by atoms with Gasteiger partial charge in [-0.15, -0.1) is 0 Å². The maximum absolute atomic E-state index is 12.8. The summed E-state index contributed by atoms with van der Waals surface area (Å²) in [6.07, 6.45) is 2.87. The molecular formula is C25H31N3O3. The molecule has 0 aliphatic carbocycles. The fraction of sp³-hybridized carbons (Fsp3) is 0.360. The summed E-state index contributed by atoms with van der Waals surface area (Å²) in [6.45, 7) is 7.54. The van der Waals surface area contributed by atoms with Gasteiger partial charge in [0.1, 0.15) is 11.8 Å². The number of carbonyl (C=O) groups is 2. The van der Waals surface area contributed by atoms with Gasteiger partial charge < -0.3 is 19.9 Å². The molecule has 0 unspecified atom stereocenters. The van der Waals surface area contributed by atoms with E-state index in [1.165, 1.54) is 10.9 Å². The van der Waals surface area contributed by atoms with Crippen LogP contribution in [0.1, 0.15) is 37.6 Å². The van der Waals surface area contributed by atoms with Gasteiger partial charge in [-0.25, -0.2) is 0 Å². The van der Waals surface area contributed by atoms with Gasteiger partial charge in [0, 0.05) is 24.8 Å². The number of benzene rings is 2. The molecule has 31 heavy (non-hydrogen) atoms. The molecule has 0 saturated heterocycles. The van der Waals surface area contributed by atoms with Gasteiger partial charge in [-0.05, 0) is 48.9 Å². The summed E-state index contributed by atoms with van der Waals surface area (Å²) in [7, 11) is 0. The van der Waals surface area contributed by atoms with Crippen LogP contribution in [-0.4, -0.2) is 35.6 Å². The third kappa shape index (κ3) is 5.66. The minimum absolute atomic E-state index is 0.0448. The third-order valence-corrected chi connectivity index (χ3v) is 5.22. The number of aryl methyl sites for hydroxylation is 1. The number of aromatic nitrogens is 1. The Kier molecular flexibility index (Phi) is 7.70. The number of para-hydroxylation sites is 2. The van der Waals surface area contributed by atoms with Crippen LogP contribution >= 0.6 is 0 Å². The predicted octanol–water partition coefficient (Wildman–Crippen LogP) is 4.00. The van der Waals surface area contributed by atoms with Crippen LogP contribution in [0.3, 0.4) is 0 Å². The van der Waals surface area contributed by atoms with Gasteiger partial charge in [-0.1, -0.05) is 44.2 Å². The van der Waals surface area contributed by atoms with Gasteiger partial charge in [-0.2, -0.15) is 0 Å². The van der Waals surface area contributed by atoms with Crippen LogP contribution in [0.4, 0.5) is 0 Å². The fourth-order valence-corrected chi connectivity index (χ4v) is 3.60. The molecule has 2 amide bonds. The Balaban J connectivity index is 1.55. The number of ether oxygens (including phenoxy) is 1. The standard InChI is InChI=1S/C25H31N3O3/c1-4-31-22-13-8-6-11-20(22)24(29)27-23(18(2)3)25(30)26-15-9-16-28-17-14-19-10-5-7-12-21(19)28/h5-8,10-14,17-18,23H,4,9,15-16H2,1-3H3,(H,26,30)(H,27,29)/t23-/m0/s1. The van der Waals surface area contributed by atoms with Crippen molar-refractivity contribution in [3.05, 3.63) is 66.4 Å². The van der Waals surface area contributed by atoms with Gasteiger partial charge in [0.05, 0.1) is 12.2 Å². The number of amides is 2. The summed E-state index contributed by atoms with van der Waals surface area (Å²) in [5.74, 6) is -0.00715. The first-order valence-electron chi connectivity index (χ1n) is 10.9. The number of carbonyl (C=O) groups excluding carboxylic acids is 2. The molecule has 6 nitrogen and oxygen atoms in total. The molecule has 2 N–H and O–H groups in total. The highest BCUT2D eigenvalue weighted by Crippen LogP contribution is 2.18. The summed E-state index contributed by atoms with van der Waals surface area (Å²) >= 11 is 0. The van der Waals surface area contributed by atoms with E-state index >= 15 is 0 Å². The smallest absolute Gasteiger partial charge is 0.255 e. The molecule has 0 bridgehead atoms. The van der Waals surface area contributed by atoms with Crippen molar-refractivity contribution in [1.82, 2.24) is 15.2 Å². The van der Waals surface area contributed by atoms with Crippen LogP contribution in [0.15, 0.2) is 60.8 Å². The molecule has 3 aromatic rings. The quantitative estimate of drug-likeness (QED) is 0.486. The minimum atomic E-state index is -0.616. The summed E-state index contributed by atoms with van der Waals surface area (Å²) < 4.78 is 7.73. The molecule has 0 aliphatic rings. The second kappa shape index (κ2) is 10.7. The monoisotopic (exact) mass is 421 g/mol. The highest BCUT2D eigenvalue weighted by molar-refractivity contribution is 5.99. The molecule has 0 aliphatic heterocycles. The minimum Gasteiger partial charge on any atom is -0.493 e. The maximum Gasteiger partial charge on any atom is 0.255 e. The van der Waals surface area contributed by atoms with Crippen LogP contribution in [-0.2, 0) is 11.3 Å². The van der Waals surface area contributed by atoms with E-state index in [2.05, 4.69) is 39.6 Å². The number of fused-ring (bicyclic) bond motifs is 1. The van der Waals surface area contributed by atoms with Crippen molar-refractivity contribution >= 4 is 22.7 Å². The average Bonchev–Trinajstić information content (AvgIpc) is 3.18. The van der Waals surface area contributed by atoms with Crippen molar-refractivity contribution in [2.75, 3.05) is 13.2 Å². The highest BCUT2D eigenvalue weighted by Gasteiger charge is 2.25. The summed E-state index contributed by atoms with van der Waals surface area (Å²) in [5, 5.41) is 7.06. The largest absolute Gasteiger partial charge is 0.493 e. The van der Waals surface area contributed by atoms with E-state index in [9.17, 15) is 9.59 Å². The molecule has 1 atom stereocenters. The Bertz CT molecular complexity index is 1030. The van der Waals surface area contributed by atoms with Crippen LogP contribution in [0.5, 0.6) is 5.75 Å². The summed E-state index contributed by atoms with van der Waals surface area (Å²) in [6, 6.07) is 16.8. The van der Waals surface area contributed by atoms with E-state index in [0.29, 0.717) is 24.5 Å². The first-order valence-corrected chi connectivity index (χ1v) is 10.9. The molecule has 164 valence electrons. The van der Waals surface area contributed by atoms with E-state index in [4.69, 9.17) is 4.74 Å². The zero-order chi connectivity index (χ0) is 22.2. The molecule has 6 heteroatoms. The predicted molar refractivity (Wildman–Crippen MR) is 123 cm³/mol. The highest BCUT2D eigenvalue weighted by atomic mass is 16.5. The van der Waals surface area contributed by atoms with Crippen LogP contribution in [0.25, 0.3) is 10.9 Å². The van der Waals surface area contributed by atoms with Crippen molar-refractivity contribution < 1.29 is 14.3 Å². The van der Waals surface area contributed by atoms with E-state index in [1.807, 2.05) is 39.0 Å². The third-order valence-electron chi connectivity index (χ3n) is 5.22. The zero-order valence-electron chi connectivity index (χ0n) is 18.4. The van der Waals surface area contributed by atoms with Crippen LogP contribution < -0.4 is 15.4 Å². The Morgan fingerprint density at radius 2 is 1.77 bits per heavy atom. The second-order valence-electron chi connectivity index (χ2n) is 7.84. The Morgan fingerprint density at radius 1 is 1.03 bits per heavy atom.